The number of nitrogens with zero attached hydrogens (tertiary/aromatic N) is 1. The number of aromatic nitrogens is 1. The van der Waals surface area contributed by atoms with Crippen LogP contribution in [0.3, 0.4) is 0 Å². The molecule has 0 radical (unpaired) electrons. The molecular weight excluding hydrogens is 349 g/mol. The molecule has 0 aliphatic rings. The van der Waals surface area contributed by atoms with Crippen molar-refractivity contribution in [1.29, 1.82) is 0 Å². The Morgan fingerprint density at radius 3 is 2.33 bits per heavy atom. The molecule has 2 N–H and O–H groups in total. The first-order chi connectivity index (χ1) is 13.1. The smallest absolute Gasteiger partial charge is 0.319 e. The molecule has 0 spiro atoms. The number of anilines is 1. The zero-order valence-electron chi connectivity index (χ0n) is 14.6. The van der Waals surface area contributed by atoms with Gasteiger partial charge in [0.1, 0.15) is 17.3 Å². The van der Waals surface area contributed by atoms with Crippen LogP contribution in [0.15, 0.2) is 66.9 Å². The van der Waals surface area contributed by atoms with E-state index in [4.69, 9.17) is 9.47 Å². The Balaban J connectivity index is 1.49. The van der Waals surface area contributed by atoms with E-state index >= 15 is 0 Å². The van der Waals surface area contributed by atoms with Gasteiger partial charge >= 0.3 is 6.03 Å². The molecule has 1 aromatic heterocycles. The first-order valence-electron chi connectivity index (χ1n) is 8.19. The third-order valence-corrected chi connectivity index (χ3v) is 3.64. The van der Waals surface area contributed by atoms with Gasteiger partial charge < -0.3 is 20.1 Å². The summed E-state index contributed by atoms with van der Waals surface area (Å²) < 4.78 is 23.5. The number of hydrogen-bond acceptors (Lipinski definition) is 4. The quantitative estimate of drug-likeness (QED) is 0.680. The summed E-state index contributed by atoms with van der Waals surface area (Å²) >= 11 is 0. The maximum atomic E-state index is 12.9. The van der Waals surface area contributed by atoms with Crippen molar-refractivity contribution in [2.24, 2.45) is 0 Å². The monoisotopic (exact) mass is 367 g/mol. The normalized spacial score (nSPS) is 10.1. The van der Waals surface area contributed by atoms with Crippen LogP contribution in [0.1, 0.15) is 5.56 Å². The van der Waals surface area contributed by atoms with E-state index in [2.05, 4.69) is 15.6 Å². The molecule has 27 heavy (non-hydrogen) atoms. The minimum absolute atomic E-state index is 0.337. The summed E-state index contributed by atoms with van der Waals surface area (Å²) in [6.07, 6.45) is 1.48. The molecule has 2 aromatic carbocycles. The lowest BCUT2D eigenvalue weighted by Crippen LogP contribution is -2.28. The van der Waals surface area contributed by atoms with Crippen LogP contribution in [0.25, 0.3) is 0 Å². The first kappa shape index (κ1) is 18.2. The second kappa shape index (κ2) is 8.66. The number of nitrogens with one attached hydrogen (secondary N) is 2. The Labute approximate surface area is 156 Å². The summed E-state index contributed by atoms with van der Waals surface area (Å²) in [5, 5.41) is 5.45. The molecule has 7 heteroatoms. The van der Waals surface area contributed by atoms with Crippen molar-refractivity contribution < 1.29 is 18.7 Å². The highest BCUT2D eigenvalue weighted by molar-refractivity contribution is 5.88. The molecule has 3 aromatic rings. The predicted molar refractivity (Wildman–Crippen MR) is 99.6 cm³/mol. The van der Waals surface area contributed by atoms with Gasteiger partial charge in [-0.15, -0.1) is 0 Å². The molecule has 0 saturated carbocycles. The van der Waals surface area contributed by atoms with E-state index in [1.807, 2.05) is 24.3 Å². The zero-order chi connectivity index (χ0) is 19.1. The molecule has 0 bridgehead atoms. The summed E-state index contributed by atoms with van der Waals surface area (Å²) in [6.45, 7) is 0.384. The molecule has 1 heterocycles. The number of amides is 2. The van der Waals surface area contributed by atoms with Crippen molar-refractivity contribution in [3.63, 3.8) is 0 Å². The van der Waals surface area contributed by atoms with Gasteiger partial charge in [-0.2, -0.15) is 0 Å². The van der Waals surface area contributed by atoms with E-state index in [0.717, 1.165) is 11.3 Å². The van der Waals surface area contributed by atoms with Crippen LogP contribution in [0.4, 0.5) is 14.9 Å². The van der Waals surface area contributed by atoms with Crippen LogP contribution in [-0.2, 0) is 6.54 Å². The standard InChI is InChI=1S/C20H18FN3O3/c1-26-17-7-2-14(3-8-17)12-23-20(25)24-16-6-11-19(22-13-16)27-18-9-4-15(21)5-10-18/h2-11,13H,12H2,1H3,(H2,23,24,25). The molecule has 3 rings (SSSR count). The van der Waals surface area contributed by atoms with Crippen molar-refractivity contribution in [2.75, 3.05) is 12.4 Å². The number of hydrogen-bond donors (Lipinski definition) is 2. The number of rotatable bonds is 6. The van der Waals surface area contributed by atoms with E-state index in [9.17, 15) is 9.18 Å². The van der Waals surface area contributed by atoms with Crippen molar-refractivity contribution in [2.45, 2.75) is 6.54 Å². The molecule has 6 nitrogen and oxygen atoms in total. The first-order valence-corrected chi connectivity index (χ1v) is 8.19. The Kier molecular flexibility index (Phi) is 5.84. The number of urea groups is 1. The van der Waals surface area contributed by atoms with Gasteiger partial charge in [0.25, 0.3) is 0 Å². The fraction of sp³-hybridized carbons (Fsp3) is 0.100. The predicted octanol–water partition coefficient (Wildman–Crippen LogP) is 4.34. The van der Waals surface area contributed by atoms with Gasteiger partial charge in [0.2, 0.25) is 5.88 Å². The van der Waals surface area contributed by atoms with Gasteiger partial charge in [0, 0.05) is 12.6 Å². The highest BCUT2D eigenvalue weighted by atomic mass is 19.1. The summed E-state index contributed by atoms with van der Waals surface area (Å²) in [4.78, 5) is 16.1. The van der Waals surface area contributed by atoms with Crippen molar-refractivity contribution in [3.05, 3.63) is 78.2 Å². The summed E-state index contributed by atoms with van der Waals surface area (Å²) in [5.41, 5.74) is 1.47. The van der Waals surface area contributed by atoms with Crippen LogP contribution < -0.4 is 20.1 Å². The van der Waals surface area contributed by atoms with Crippen LogP contribution in [0.2, 0.25) is 0 Å². The highest BCUT2D eigenvalue weighted by Crippen LogP contribution is 2.20. The fourth-order valence-electron chi connectivity index (χ4n) is 2.24. The number of carbonyl (C=O) groups excluding carboxylic acids is 1. The molecular formula is C20H18FN3O3. The zero-order valence-corrected chi connectivity index (χ0v) is 14.6. The maximum absolute atomic E-state index is 12.9. The number of ether oxygens (including phenoxy) is 2. The third-order valence-electron chi connectivity index (χ3n) is 3.64. The van der Waals surface area contributed by atoms with Gasteiger partial charge in [0.05, 0.1) is 19.0 Å². The molecule has 0 aliphatic heterocycles. The SMILES string of the molecule is COc1ccc(CNC(=O)Nc2ccc(Oc3ccc(F)cc3)nc2)cc1. The second-order valence-corrected chi connectivity index (χ2v) is 5.60. The van der Waals surface area contributed by atoms with Gasteiger partial charge in [-0.1, -0.05) is 12.1 Å². The third kappa shape index (κ3) is 5.43. The number of pyridine rings is 1. The average molecular weight is 367 g/mol. The molecule has 2 amide bonds. The van der Waals surface area contributed by atoms with Crippen molar-refractivity contribution in [3.8, 4) is 17.4 Å². The van der Waals surface area contributed by atoms with E-state index in [0.29, 0.717) is 23.9 Å². The molecule has 0 atom stereocenters. The maximum Gasteiger partial charge on any atom is 0.319 e. The van der Waals surface area contributed by atoms with Gasteiger partial charge in [0.15, 0.2) is 0 Å². The van der Waals surface area contributed by atoms with Gasteiger partial charge in [-0.25, -0.2) is 14.2 Å². The van der Waals surface area contributed by atoms with E-state index in [1.165, 1.54) is 30.5 Å². The lowest BCUT2D eigenvalue weighted by Gasteiger charge is -2.09. The topological polar surface area (TPSA) is 72.5 Å². The van der Waals surface area contributed by atoms with Crippen LogP contribution in [0, 0.1) is 5.82 Å². The van der Waals surface area contributed by atoms with Gasteiger partial charge in [-0.05, 0) is 48.0 Å². The molecule has 138 valence electrons. The van der Waals surface area contributed by atoms with Crippen molar-refractivity contribution in [1.82, 2.24) is 10.3 Å². The summed E-state index contributed by atoms with van der Waals surface area (Å²) in [5.74, 6) is 1.24. The largest absolute Gasteiger partial charge is 0.497 e. The lowest BCUT2D eigenvalue weighted by atomic mass is 10.2. The Morgan fingerprint density at radius 2 is 1.70 bits per heavy atom. The Morgan fingerprint density at radius 1 is 1.00 bits per heavy atom. The number of carbonyl (C=O) groups is 1. The van der Waals surface area contributed by atoms with Crippen LogP contribution in [0.5, 0.6) is 17.4 Å². The molecule has 0 fully saturated rings. The highest BCUT2D eigenvalue weighted by Gasteiger charge is 2.04. The summed E-state index contributed by atoms with van der Waals surface area (Å²) in [6, 6.07) is 16.0. The minimum Gasteiger partial charge on any atom is -0.497 e. The fourth-order valence-corrected chi connectivity index (χ4v) is 2.24. The Hall–Kier alpha value is -3.61. The van der Waals surface area contributed by atoms with E-state index in [1.54, 1.807) is 19.2 Å². The van der Waals surface area contributed by atoms with Crippen molar-refractivity contribution >= 4 is 11.7 Å². The number of halogens is 1. The van der Waals surface area contributed by atoms with E-state index in [-0.39, 0.29) is 11.8 Å². The van der Waals surface area contributed by atoms with Crippen LogP contribution in [-0.4, -0.2) is 18.1 Å². The lowest BCUT2D eigenvalue weighted by molar-refractivity contribution is 0.251. The number of methoxy groups -OCH3 is 1. The molecule has 0 saturated heterocycles. The average Bonchev–Trinajstić information content (AvgIpc) is 2.70. The summed E-state index contributed by atoms with van der Waals surface area (Å²) in [7, 11) is 1.60. The number of benzene rings is 2. The van der Waals surface area contributed by atoms with Crippen LogP contribution >= 0.6 is 0 Å². The van der Waals surface area contributed by atoms with E-state index < -0.39 is 0 Å². The second-order valence-electron chi connectivity index (χ2n) is 5.60. The molecule has 0 unspecified atom stereocenters. The molecule has 0 aliphatic carbocycles. The van der Waals surface area contributed by atoms with Gasteiger partial charge in [-0.3, -0.25) is 0 Å². The Bertz CT molecular complexity index is 882. The minimum atomic E-state index is -0.347.